The number of quaternary nitrogens is 1. The Kier molecular flexibility index (Phi) is 2.80. The molecule has 1 heterocycles. The molecule has 21 heavy (non-hydrogen) atoms. The molecular weight excluding hydrogens is 270 g/mol. The number of rotatable bonds is 4. The van der Waals surface area contributed by atoms with Gasteiger partial charge >= 0.3 is 0 Å². The van der Waals surface area contributed by atoms with Gasteiger partial charge in [-0.2, -0.15) is 0 Å². The van der Waals surface area contributed by atoms with Crippen LogP contribution >= 0.6 is 0 Å². The summed E-state index contributed by atoms with van der Waals surface area (Å²) in [6, 6.07) is 8.20. The first-order valence-corrected chi connectivity index (χ1v) is 7.62. The Morgan fingerprint density at radius 3 is 2.67 bits per heavy atom. The molecule has 4 rings (SSSR count). The van der Waals surface area contributed by atoms with Gasteiger partial charge in [-0.3, -0.25) is 0 Å². The van der Waals surface area contributed by atoms with E-state index >= 15 is 0 Å². The summed E-state index contributed by atoms with van der Waals surface area (Å²) in [6.07, 6.45) is 4.68. The van der Waals surface area contributed by atoms with Crippen LogP contribution in [-0.4, -0.2) is 19.2 Å². The molecule has 2 nitrogen and oxygen atoms in total. The van der Waals surface area contributed by atoms with Gasteiger partial charge in [-0.1, -0.05) is 23.3 Å². The largest absolute Gasteiger partial charge is 0.285 e. The lowest BCUT2D eigenvalue weighted by Gasteiger charge is -2.23. The highest BCUT2D eigenvalue weighted by Crippen LogP contribution is 2.61. The first kappa shape index (κ1) is 13.1. The van der Waals surface area contributed by atoms with Crippen LogP contribution in [0.4, 0.5) is 14.5 Å². The number of nitrogens with zero attached hydrogens (tertiary/aromatic N) is 2. The summed E-state index contributed by atoms with van der Waals surface area (Å²) in [5.41, 5.74) is 2.21. The molecule has 2 fully saturated rings. The fraction of sp³-hybridized carbons (Fsp3) is 0.471. The molecule has 0 amide bonds. The summed E-state index contributed by atoms with van der Waals surface area (Å²) < 4.78 is 25.8. The zero-order chi connectivity index (χ0) is 14.6. The maximum absolute atomic E-state index is 12.9. The Morgan fingerprint density at radius 1 is 1.24 bits per heavy atom. The predicted octanol–water partition coefficient (Wildman–Crippen LogP) is 4.29. The number of allylic oxidation sites excluding steroid dienone is 1. The van der Waals surface area contributed by atoms with E-state index in [2.05, 4.69) is 11.2 Å². The number of halogens is 2. The van der Waals surface area contributed by atoms with Crippen molar-refractivity contribution in [3.05, 3.63) is 42.1 Å². The zero-order valence-corrected chi connectivity index (χ0v) is 12.0. The van der Waals surface area contributed by atoms with E-state index in [1.54, 1.807) is 6.20 Å². The van der Waals surface area contributed by atoms with Crippen LogP contribution in [0, 0.1) is 11.8 Å². The minimum atomic E-state index is -2.51. The maximum Gasteiger partial charge on any atom is 0.285 e. The van der Waals surface area contributed by atoms with Crippen molar-refractivity contribution in [3.63, 3.8) is 0 Å². The average molecular weight is 289 g/mol. The summed E-state index contributed by atoms with van der Waals surface area (Å²) in [6.45, 7) is 0. The molecule has 3 aliphatic rings. The molecule has 2 saturated carbocycles. The van der Waals surface area contributed by atoms with Gasteiger partial charge < -0.3 is 0 Å². The Hall–Kier alpha value is -1.55. The van der Waals surface area contributed by atoms with E-state index < -0.39 is 6.43 Å². The van der Waals surface area contributed by atoms with Crippen molar-refractivity contribution in [1.82, 2.24) is 4.59 Å². The van der Waals surface area contributed by atoms with Gasteiger partial charge in [0.1, 0.15) is 13.2 Å². The smallest absolute Gasteiger partial charge is 0.203 e. The van der Waals surface area contributed by atoms with E-state index in [0.717, 1.165) is 17.5 Å². The predicted molar refractivity (Wildman–Crippen MR) is 80.3 cm³/mol. The molecule has 0 spiro atoms. The van der Waals surface area contributed by atoms with Crippen LogP contribution in [0.3, 0.4) is 0 Å². The van der Waals surface area contributed by atoms with Crippen molar-refractivity contribution >= 4 is 11.4 Å². The average Bonchev–Trinajstić information content (AvgIpc) is 3.35. The molecular formula is C17H19F2N2+. The second-order valence-electron chi connectivity index (χ2n) is 6.57. The number of para-hydroxylation sites is 1. The number of benzene rings is 1. The Balaban J connectivity index is 1.68. The molecule has 0 bridgehead atoms. The molecule has 0 radical (unpaired) electrons. The van der Waals surface area contributed by atoms with E-state index in [-0.39, 0.29) is 10.3 Å². The van der Waals surface area contributed by atoms with Crippen molar-refractivity contribution in [3.8, 4) is 0 Å². The van der Waals surface area contributed by atoms with Crippen molar-refractivity contribution in [2.75, 3.05) is 7.05 Å². The summed E-state index contributed by atoms with van der Waals surface area (Å²) >= 11 is 0. The van der Waals surface area contributed by atoms with Gasteiger partial charge in [-0.05, 0) is 37.0 Å². The third kappa shape index (κ3) is 2.22. The third-order valence-electron chi connectivity index (χ3n) is 4.97. The van der Waals surface area contributed by atoms with E-state index in [4.69, 9.17) is 0 Å². The van der Waals surface area contributed by atoms with Crippen LogP contribution < -0.4 is 4.59 Å². The summed E-state index contributed by atoms with van der Waals surface area (Å²) in [5, 5.41) is 4.24. The standard InChI is InChI=1S/C17H19F2N2/c1-21(9-8-15(20-21)17(18)19)16-5-3-2-4-12(16)14-10-13(14)11-6-7-11/h2-5,8-9,11,13-14,17H,6-7,10H2,1H3/q+1. The molecule has 1 aromatic carbocycles. The number of hydrogen-bond donors (Lipinski definition) is 0. The minimum absolute atomic E-state index is 0.115. The second-order valence-corrected chi connectivity index (χ2v) is 6.57. The summed E-state index contributed by atoms with van der Waals surface area (Å²) in [7, 11) is 1.87. The molecule has 3 unspecified atom stereocenters. The van der Waals surface area contributed by atoms with Crippen molar-refractivity contribution in [2.24, 2.45) is 16.9 Å². The van der Waals surface area contributed by atoms with Crippen LogP contribution in [0.2, 0.25) is 0 Å². The first-order valence-electron chi connectivity index (χ1n) is 7.62. The fourth-order valence-electron chi connectivity index (χ4n) is 3.61. The molecule has 3 atom stereocenters. The van der Waals surface area contributed by atoms with Crippen LogP contribution in [0.15, 0.2) is 41.6 Å². The normalized spacial score (nSPS) is 34.4. The lowest BCUT2D eigenvalue weighted by molar-refractivity contribution is 0.225. The van der Waals surface area contributed by atoms with Crippen LogP contribution in [0.5, 0.6) is 0 Å². The molecule has 0 N–H and O–H groups in total. The van der Waals surface area contributed by atoms with Gasteiger partial charge in [0, 0.05) is 17.7 Å². The van der Waals surface area contributed by atoms with Gasteiger partial charge in [0.2, 0.25) is 0 Å². The quantitative estimate of drug-likeness (QED) is 0.733. The van der Waals surface area contributed by atoms with Gasteiger partial charge in [-0.25, -0.2) is 8.78 Å². The van der Waals surface area contributed by atoms with Gasteiger partial charge in [0.25, 0.3) is 6.43 Å². The number of hydrogen-bond acceptors (Lipinski definition) is 1. The SMILES string of the molecule is C[N+]1(c2ccccc2C2CC2C2CC2)C=CC(C(F)F)=N1. The molecule has 0 aromatic heterocycles. The van der Waals surface area contributed by atoms with Gasteiger partial charge in [0.15, 0.2) is 11.4 Å². The third-order valence-corrected chi connectivity index (χ3v) is 4.97. The molecule has 2 aliphatic carbocycles. The Morgan fingerprint density at radius 2 is 2.00 bits per heavy atom. The summed E-state index contributed by atoms with van der Waals surface area (Å²) in [5.74, 6) is 2.31. The lowest BCUT2D eigenvalue weighted by Crippen LogP contribution is -2.32. The van der Waals surface area contributed by atoms with Gasteiger partial charge in [0.05, 0.1) is 0 Å². The Labute approximate surface area is 123 Å². The highest BCUT2D eigenvalue weighted by atomic mass is 19.3. The van der Waals surface area contributed by atoms with Crippen molar-refractivity contribution in [1.29, 1.82) is 0 Å². The van der Waals surface area contributed by atoms with Gasteiger partial charge in [-0.15, -0.1) is 4.59 Å². The maximum atomic E-state index is 12.9. The molecule has 4 heteroatoms. The molecule has 1 aliphatic heterocycles. The van der Waals surface area contributed by atoms with Crippen molar-refractivity contribution < 1.29 is 8.78 Å². The monoisotopic (exact) mass is 289 g/mol. The minimum Gasteiger partial charge on any atom is -0.203 e. The van der Waals surface area contributed by atoms with E-state index in [0.29, 0.717) is 5.92 Å². The molecule has 0 saturated heterocycles. The lowest BCUT2D eigenvalue weighted by atomic mass is 10.0. The van der Waals surface area contributed by atoms with Crippen LogP contribution in [0.1, 0.15) is 30.7 Å². The van der Waals surface area contributed by atoms with Crippen molar-refractivity contribution in [2.45, 2.75) is 31.6 Å². The highest BCUT2D eigenvalue weighted by molar-refractivity contribution is 5.99. The van der Waals surface area contributed by atoms with E-state index in [1.807, 2.05) is 25.2 Å². The van der Waals surface area contributed by atoms with Crippen LogP contribution in [-0.2, 0) is 0 Å². The van der Waals surface area contributed by atoms with E-state index in [9.17, 15) is 8.78 Å². The zero-order valence-electron chi connectivity index (χ0n) is 12.0. The molecule has 1 aromatic rings. The number of alkyl halides is 2. The van der Waals surface area contributed by atoms with Crippen LogP contribution in [0.25, 0.3) is 0 Å². The summed E-state index contributed by atoms with van der Waals surface area (Å²) in [4.78, 5) is 0. The fourth-order valence-corrected chi connectivity index (χ4v) is 3.61. The topological polar surface area (TPSA) is 12.4 Å². The van der Waals surface area contributed by atoms with E-state index in [1.165, 1.54) is 30.9 Å². The molecule has 110 valence electrons. The first-order chi connectivity index (χ1) is 10.1. The highest BCUT2D eigenvalue weighted by Gasteiger charge is 2.50. The second kappa shape index (κ2) is 4.47. The Bertz CT molecular complexity index is 633.